The van der Waals surface area contributed by atoms with Crippen LogP contribution in [0.5, 0.6) is 0 Å². The summed E-state index contributed by atoms with van der Waals surface area (Å²) in [5.41, 5.74) is 2.75. The lowest BCUT2D eigenvalue weighted by Gasteiger charge is -2.58. The summed E-state index contributed by atoms with van der Waals surface area (Å²) in [6.07, 6.45) is 18.8. The number of hydrogen-bond donors (Lipinski definition) is 0. The maximum Gasteiger partial charge on any atom is 0.261 e. The standard InChI is InChI=1S/C44H64OSi/c1-31(2)32(3)20-21-33(4)39-24-25-40-38-23-22-34-30-35(26-28-43(34,8)41(38)27-29-44(39,40)9)45-46(42(5,6)7,36-16-12-10-13-17-36)37-18-14-11-15-19-37/h10-21,23,31-35,39-41H,22,24-30H2,1-9H3/b21-20+/t32-,33+,34-,35-,39+,40-,41-,43-,44+/m0/s1. The van der Waals surface area contributed by atoms with E-state index in [1.54, 1.807) is 0 Å². The third kappa shape index (κ3) is 5.76. The molecule has 0 heterocycles. The van der Waals surface area contributed by atoms with Crippen molar-refractivity contribution in [1.29, 1.82) is 0 Å². The molecule has 3 fully saturated rings. The third-order valence-corrected chi connectivity index (χ3v) is 19.4. The van der Waals surface area contributed by atoms with Crippen molar-refractivity contribution in [2.45, 2.75) is 125 Å². The van der Waals surface area contributed by atoms with Gasteiger partial charge in [-0.05, 0) is 119 Å². The Hall–Kier alpha value is -1.90. The van der Waals surface area contributed by atoms with Gasteiger partial charge in [0.15, 0.2) is 0 Å². The van der Waals surface area contributed by atoms with Gasteiger partial charge in [0, 0.05) is 6.10 Å². The quantitative estimate of drug-likeness (QED) is 0.207. The van der Waals surface area contributed by atoms with Gasteiger partial charge in [0.25, 0.3) is 8.32 Å². The van der Waals surface area contributed by atoms with Gasteiger partial charge in [-0.15, -0.1) is 0 Å². The summed E-state index contributed by atoms with van der Waals surface area (Å²) >= 11 is 0. The Labute approximate surface area is 283 Å². The zero-order chi connectivity index (χ0) is 32.9. The van der Waals surface area contributed by atoms with E-state index in [2.05, 4.69) is 141 Å². The van der Waals surface area contributed by atoms with E-state index < -0.39 is 8.32 Å². The molecule has 46 heavy (non-hydrogen) atoms. The summed E-state index contributed by atoms with van der Waals surface area (Å²) in [4.78, 5) is 0. The van der Waals surface area contributed by atoms with Crippen molar-refractivity contribution in [1.82, 2.24) is 0 Å². The second-order valence-electron chi connectivity index (χ2n) is 18.0. The Morgan fingerprint density at radius 1 is 0.761 bits per heavy atom. The molecule has 0 amide bonds. The van der Waals surface area contributed by atoms with Crippen LogP contribution in [0.3, 0.4) is 0 Å². The first-order chi connectivity index (χ1) is 21.8. The topological polar surface area (TPSA) is 9.23 Å². The van der Waals surface area contributed by atoms with Gasteiger partial charge in [0.1, 0.15) is 0 Å². The third-order valence-electron chi connectivity index (χ3n) is 14.3. The zero-order valence-electron chi connectivity index (χ0n) is 30.7. The Balaban J connectivity index is 1.24. The lowest BCUT2D eigenvalue weighted by Crippen LogP contribution is -2.68. The monoisotopic (exact) mass is 636 g/mol. The van der Waals surface area contributed by atoms with Gasteiger partial charge >= 0.3 is 0 Å². The summed E-state index contributed by atoms with van der Waals surface area (Å²) < 4.78 is 7.74. The molecule has 4 aliphatic rings. The molecule has 0 aliphatic heterocycles. The van der Waals surface area contributed by atoms with E-state index in [1.807, 2.05) is 5.57 Å². The van der Waals surface area contributed by atoms with Gasteiger partial charge in [-0.3, -0.25) is 0 Å². The van der Waals surface area contributed by atoms with E-state index in [-0.39, 0.29) is 5.04 Å². The van der Waals surface area contributed by atoms with E-state index in [0.29, 0.717) is 28.8 Å². The molecule has 0 N–H and O–H groups in total. The minimum Gasteiger partial charge on any atom is -0.404 e. The number of fused-ring (bicyclic) bond motifs is 5. The molecular formula is C44H64OSi. The molecule has 250 valence electrons. The second kappa shape index (κ2) is 12.8. The summed E-state index contributed by atoms with van der Waals surface area (Å²) in [6, 6.07) is 22.6. The molecule has 4 aliphatic carbocycles. The van der Waals surface area contributed by atoms with Crippen molar-refractivity contribution >= 4 is 18.7 Å². The number of benzene rings is 2. The van der Waals surface area contributed by atoms with Crippen LogP contribution < -0.4 is 10.4 Å². The van der Waals surface area contributed by atoms with Gasteiger partial charge in [-0.1, -0.05) is 147 Å². The molecule has 2 aromatic carbocycles. The molecule has 0 aromatic heterocycles. The average Bonchev–Trinajstić information content (AvgIpc) is 3.40. The first-order valence-corrected chi connectivity index (χ1v) is 20.9. The molecule has 3 saturated carbocycles. The highest BCUT2D eigenvalue weighted by Gasteiger charge is 2.59. The fourth-order valence-electron chi connectivity index (χ4n) is 11.1. The Morgan fingerprint density at radius 2 is 1.35 bits per heavy atom. The summed E-state index contributed by atoms with van der Waals surface area (Å²) in [5, 5.41) is 2.86. The predicted molar refractivity (Wildman–Crippen MR) is 200 cm³/mol. The maximum atomic E-state index is 7.74. The molecule has 6 rings (SSSR count). The first-order valence-electron chi connectivity index (χ1n) is 19.0. The van der Waals surface area contributed by atoms with Crippen molar-refractivity contribution in [2.24, 2.45) is 52.3 Å². The highest BCUT2D eigenvalue weighted by molar-refractivity contribution is 6.99. The van der Waals surface area contributed by atoms with Crippen LogP contribution in [0.4, 0.5) is 0 Å². The van der Waals surface area contributed by atoms with E-state index in [0.717, 1.165) is 29.6 Å². The average molecular weight is 637 g/mol. The largest absolute Gasteiger partial charge is 0.404 e. The Kier molecular flexibility index (Phi) is 9.49. The van der Waals surface area contributed by atoms with E-state index in [9.17, 15) is 0 Å². The molecule has 2 heteroatoms. The van der Waals surface area contributed by atoms with Crippen molar-refractivity contribution in [3.63, 3.8) is 0 Å². The zero-order valence-corrected chi connectivity index (χ0v) is 31.7. The number of hydrogen-bond acceptors (Lipinski definition) is 1. The van der Waals surface area contributed by atoms with E-state index in [1.165, 1.54) is 61.7 Å². The van der Waals surface area contributed by atoms with Crippen LogP contribution in [-0.2, 0) is 4.43 Å². The Bertz CT molecular complexity index is 1340. The highest BCUT2D eigenvalue weighted by Crippen LogP contribution is 2.67. The van der Waals surface area contributed by atoms with Gasteiger partial charge < -0.3 is 4.43 Å². The fourth-order valence-corrected chi connectivity index (χ4v) is 15.9. The summed E-state index contributed by atoms with van der Waals surface area (Å²) in [5.74, 6) is 5.15. The first kappa shape index (κ1) is 34.0. The van der Waals surface area contributed by atoms with Crippen molar-refractivity contribution in [3.05, 3.63) is 84.5 Å². The molecule has 0 unspecified atom stereocenters. The van der Waals surface area contributed by atoms with Crippen molar-refractivity contribution in [2.75, 3.05) is 0 Å². The fraction of sp³-hybridized carbons (Fsp3) is 0.636. The van der Waals surface area contributed by atoms with Gasteiger partial charge in [-0.2, -0.15) is 0 Å². The molecule has 0 spiro atoms. The molecule has 1 nitrogen and oxygen atoms in total. The van der Waals surface area contributed by atoms with E-state index >= 15 is 0 Å². The molecule has 9 atom stereocenters. The van der Waals surface area contributed by atoms with Gasteiger partial charge in [0.2, 0.25) is 0 Å². The van der Waals surface area contributed by atoms with Crippen molar-refractivity contribution < 1.29 is 4.43 Å². The predicted octanol–water partition coefficient (Wildman–Crippen LogP) is 11.0. The van der Waals surface area contributed by atoms with Crippen LogP contribution in [0.15, 0.2) is 84.5 Å². The smallest absolute Gasteiger partial charge is 0.261 e. The normalized spacial score (nSPS) is 34.5. The minimum atomic E-state index is -2.54. The van der Waals surface area contributed by atoms with Gasteiger partial charge in [0.05, 0.1) is 0 Å². The van der Waals surface area contributed by atoms with Crippen LogP contribution >= 0.6 is 0 Å². The van der Waals surface area contributed by atoms with Crippen LogP contribution in [0, 0.1) is 52.3 Å². The van der Waals surface area contributed by atoms with Crippen LogP contribution in [0.1, 0.15) is 114 Å². The highest BCUT2D eigenvalue weighted by atomic mass is 28.4. The van der Waals surface area contributed by atoms with Crippen LogP contribution in [0.2, 0.25) is 5.04 Å². The molecule has 0 radical (unpaired) electrons. The van der Waals surface area contributed by atoms with E-state index in [4.69, 9.17) is 4.43 Å². The lowest BCUT2D eigenvalue weighted by atomic mass is 9.47. The molecule has 0 bridgehead atoms. The van der Waals surface area contributed by atoms with Crippen molar-refractivity contribution in [3.8, 4) is 0 Å². The summed E-state index contributed by atoms with van der Waals surface area (Å²) in [6.45, 7) is 22.3. The molecule has 2 aromatic rings. The Morgan fingerprint density at radius 3 is 1.93 bits per heavy atom. The van der Waals surface area contributed by atoms with Crippen LogP contribution in [0.25, 0.3) is 0 Å². The number of rotatable bonds is 8. The molecular weight excluding hydrogens is 573 g/mol. The molecule has 0 saturated heterocycles. The number of allylic oxidation sites excluding steroid dienone is 4. The maximum absolute atomic E-state index is 7.74. The van der Waals surface area contributed by atoms with Gasteiger partial charge in [-0.25, -0.2) is 0 Å². The lowest BCUT2D eigenvalue weighted by molar-refractivity contribution is -0.0373. The van der Waals surface area contributed by atoms with Crippen LogP contribution in [-0.4, -0.2) is 14.4 Å². The summed E-state index contributed by atoms with van der Waals surface area (Å²) in [7, 11) is -2.54. The minimum absolute atomic E-state index is 0.0298. The SMILES string of the molecule is CC(C)[C@@H](C)/C=C/[C@@H](C)[C@H]1CC[C@H]2C3=CC[C@H]4C[C@@H](O[Si](c5ccccc5)(c5ccccc5)C(C)(C)C)CC[C@]4(C)[C@H]3CC[C@]12C. The second-order valence-corrected chi connectivity index (χ2v) is 22.3.